The molecule has 0 aromatic heterocycles. The van der Waals surface area contributed by atoms with E-state index in [1.165, 1.54) is 0 Å². The standard InChI is InChI=1S/C8H12O3/c1-6(9)2-3-7-4-5-8(10)11-7/h7H,2-5H2,1H3. The van der Waals surface area contributed by atoms with Gasteiger partial charge in [-0.2, -0.15) is 0 Å². The molecule has 0 bridgehead atoms. The summed E-state index contributed by atoms with van der Waals surface area (Å²) in [6.45, 7) is 1.55. The molecule has 1 saturated heterocycles. The van der Waals surface area contributed by atoms with E-state index in [4.69, 9.17) is 4.74 Å². The molecule has 1 heterocycles. The summed E-state index contributed by atoms with van der Waals surface area (Å²) >= 11 is 0. The van der Waals surface area contributed by atoms with Crippen LogP contribution in [0.25, 0.3) is 0 Å². The Labute approximate surface area is 65.7 Å². The van der Waals surface area contributed by atoms with Gasteiger partial charge in [-0.3, -0.25) is 4.79 Å². The van der Waals surface area contributed by atoms with Crippen LogP contribution in [-0.2, 0) is 14.3 Å². The molecule has 1 unspecified atom stereocenters. The van der Waals surface area contributed by atoms with Crippen molar-refractivity contribution in [3.63, 3.8) is 0 Å². The Hall–Kier alpha value is -0.860. The van der Waals surface area contributed by atoms with Crippen molar-refractivity contribution in [2.75, 3.05) is 0 Å². The van der Waals surface area contributed by atoms with Gasteiger partial charge in [-0.05, 0) is 19.8 Å². The Balaban J connectivity index is 2.18. The lowest BCUT2D eigenvalue weighted by Gasteiger charge is -2.05. The topological polar surface area (TPSA) is 43.4 Å². The number of cyclic esters (lactones) is 1. The van der Waals surface area contributed by atoms with Gasteiger partial charge in [-0.1, -0.05) is 0 Å². The summed E-state index contributed by atoms with van der Waals surface area (Å²) in [5.74, 6) is 0.0338. The van der Waals surface area contributed by atoms with Crippen LogP contribution in [0.4, 0.5) is 0 Å². The van der Waals surface area contributed by atoms with E-state index in [1.807, 2.05) is 0 Å². The Morgan fingerprint density at radius 2 is 2.45 bits per heavy atom. The number of rotatable bonds is 3. The number of esters is 1. The molecule has 0 N–H and O–H groups in total. The van der Waals surface area contributed by atoms with Crippen molar-refractivity contribution in [2.45, 2.75) is 38.7 Å². The lowest BCUT2D eigenvalue weighted by Crippen LogP contribution is -2.08. The van der Waals surface area contributed by atoms with Gasteiger partial charge >= 0.3 is 5.97 Å². The largest absolute Gasteiger partial charge is 0.462 e. The molecule has 1 aliphatic rings. The van der Waals surface area contributed by atoms with Crippen LogP contribution in [0, 0.1) is 0 Å². The van der Waals surface area contributed by atoms with Crippen LogP contribution in [0.1, 0.15) is 32.6 Å². The zero-order chi connectivity index (χ0) is 8.27. The van der Waals surface area contributed by atoms with Crippen molar-refractivity contribution < 1.29 is 14.3 Å². The molecule has 0 aliphatic carbocycles. The lowest BCUT2D eigenvalue weighted by atomic mass is 10.1. The van der Waals surface area contributed by atoms with Crippen molar-refractivity contribution in [1.82, 2.24) is 0 Å². The Kier molecular flexibility index (Phi) is 2.63. The van der Waals surface area contributed by atoms with E-state index in [0.717, 1.165) is 6.42 Å². The van der Waals surface area contributed by atoms with Crippen LogP contribution < -0.4 is 0 Å². The zero-order valence-corrected chi connectivity index (χ0v) is 6.63. The molecule has 0 saturated carbocycles. The van der Waals surface area contributed by atoms with E-state index in [2.05, 4.69) is 0 Å². The highest BCUT2D eigenvalue weighted by molar-refractivity contribution is 5.75. The summed E-state index contributed by atoms with van der Waals surface area (Å²) in [6, 6.07) is 0. The van der Waals surface area contributed by atoms with Gasteiger partial charge in [0.25, 0.3) is 0 Å². The molecule has 11 heavy (non-hydrogen) atoms. The van der Waals surface area contributed by atoms with Crippen LogP contribution in [0.5, 0.6) is 0 Å². The fourth-order valence-electron chi connectivity index (χ4n) is 1.15. The minimum absolute atomic E-state index is 0.00593. The summed E-state index contributed by atoms with van der Waals surface area (Å²) in [5, 5.41) is 0. The van der Waals surface area contributed by atoms with Crippen LogP contribution in [0.15, 0.2) is 0 Å². The maximum atomic E-state index is 10.6. The average molecular weight is 156 g/mol. The lowest BCUT2D eigenvalue weighted by molar-refractivity contribution is -0.142. The number of hydrogen-bond acceptors (Lipinski definition) is 3. The molecular formula is C8H12O3. The number of hydrogen-bond donors (Lipinski definition) is 0. The van der Waals surface area contributed by atoms with Crippen LogP contribution in [-0.4, -0.2) is 17.9 Å². The van der Waals surface area contributed by atoms with Gasteiger partial charge < -0.3 is 9.53 Å². The summed E-state index contributed by atoms with van der Waals surface area (Å²) in [4.78, 5) is 21.1. The van der Waals surface area contributed by atoms with E-state index in [-0.39, 0.29) is 17.9 Å². The van der Waals surface area contributed by atoms with Crippen molar-refractivity contribution in [1.29, 1.82) is 0 Å². The molecule has 0 spiro atoms. The maximum absolute atomic E-state index is 10.6. The highest BCUT2D eigenvalue weighted by Crippen LogP contribution is 2.17. The predicted molar refractivity (Wildman–Crippen MR) is 39.0 cm³/mol. The normalized spacial score (nSPS) is 23.4. The molecule has 0 aromatic rings. The van der Waals surface area contributed by atoms with E-state index in [0.29, 0.717) is 19.3 Å². The van der Waals surface area contributed by atoms with Crippen LogP contribution in [0.3, 0.4) is 0 Å². The number of ketones is 1. The summed E-state index contributed by atoms with van der Waals surface area (Å²) in [6.07, 6.45) is 2.53. The molecule has 0 aromatic carbocycles. The molecule has 3 nitrogen and oxygen atoms in total. The third-order valence-corrected chi connectivity index (χ3v) is 1.79. The first kappa shape index (κ1) is 8.24. The summed E-state index contributed by atoms with van der Waals surface area (Å²) in [5.41, 5.74) is 0. The first-order valence-corrected chi connectivity index (χ1v) is 3.87. The predicted octanol–water partition coefficient (Wildman–Crippen LogP) is 1.06. The quantitative estimate of drug-likeness (QED) is 0.574. The fraction of sp³-hybridized carbons (Fsp3) is 0.750. The number of ether oxygens (including phenoxy) is 1. The second-order valence-electron chi connectivity index (χ2n) is 2.89. The SMILES string of the molecule is CC(=O)CCC1CCC(=O)O1. The van der Waals surface area contributed by atoms with E-state index in [9.17, 15) is 9.59 Å². The van der Waals surface area contributed by atoms with Crippen LogP contribution >= 0.6 is 0 Å². The Bertz CT molecular complexity index is 174. The summed E-state index contributed by atoms with van der Waals surface area (Å²) < 4.78 is 4.92. The van der Waals surface area contributed by atoms with Gasteiger partial charge in [0.05, 0.1) is 0 Å². The average Bonchev–Trinajstić information content (AvgIpc) is 2.31. The minimum atomic E-state index is -0.126. The molecule has 1 aliphatic heterocycles. The van der Waals surface area contributed by atoms with Gasteiger partial charge in [0.15, 0.2) is 0 Å². The van der Waals surface area contributed by atoms with Crippen molar-refractivity contribution in [3.8, 4) is 0 Å². The Morgan fingerprint density at radius 3 is 2.91 bits per heavy atom. The molecule has 0 amide bonds. The molecular weight excluding hydrogens is 144 g/mol. The van der Waals surface area contributed by atoms with Crippen LogP contribution in [0.2, 0.25) is 0 Å². The maximum Gasteiger partial charge on any atom is 0.306 e. The second kappa shape index (κ2) is 3.51. The third-order valence-electron chi connectivity index (χ3n) is 1.79. The molecule has 1 atom stereocenters. The highest BCUT2D eigenvalue weighted by Gasteiger charge is 2.22. The van der Waals surface area contributed by atoms with Gasteiger partial charge in [-0.15, -0.1) is 0 Å². The van der Waals surface area contributed by atoms with Gasteiger partial charge in [0, 0.05) is 12.8 Å². The van der Waals surface area contributed by atoms with Gasteiger partial charge in [0.1, 0.15) is 11.9 Å². The zero-order valence-electron chi connectivity index (χ0n) is 6.63. The van der Waals surface area contributed by atoms with Crippen molar-refractivity contribution in [3.05, 3.63) is 0 Å². The fourth-order valence-corrected chi connectivity index (χ4v) is 1.15. The molecule has 62 valence electrons. The minimum Gasteiger partial charge on any atom is -0.462 e. The Morgan fingerprint density at radius 1 is 1.73 bits per heavy atom. The summed E-state index contributed by atoms with van der Waals surface area (Å²) in [7, 11) is 0. The molecule has 0 radical (unpaired) electrons. The van der Waals surface area contributed by atoms with Gasteiger partial charge in [-0.25, -0.2) is 0 Å². The molecule has 3 heteroatoms. The highest BCUT2D eigenvalue weighted by atomic mass is 16.5. The number of carbonyl (C=O) groups is 2. The molecule has 1 rings (SSSR count). The van der Waals surface area contributed by atoms with Crippen molar-refractivity contribution >= 4 is 11.8 Å². The van der Waals surface area contributed by atoms with Gasteiger partial charge in [0.2, 0.25) is 0 Å². The first-order valence-electron chi connectivity index (χ1n) is 3.87. The number of Topliss-reactive ketones (excluding diaryl/α,β-unsaturated/α-hetero) is 1. The van der Waals surface area contributed by atoms with E-state index in [1.54, 1.807) is 6.92 Å². The molecule has 1 fully saturated rings. The smallest absolute Gasteiger partial charge is 0.306 e. The van der Waals surface area contributed by atoms with Crippen molar-refractivity contribution in [2.24, 2.45) is 0 Å². The first-order chi connectivity index (χ1) is 5.18. The number of carbonyl (C=O) groups excluding carboxylic acids is 2. The monoisotopic (exact) mass is 156 g/mol. The third kappa shape index (κ3) is 2.70. The van der Waals surface area contributed by atoms with E-state index >= 15 is 0 Å². The van der Waals surface area contributed by atoms with E-state index < -0.39 is 0 Å². The second-order valence-corrected chi connectivity index (χ2v) is 2.89.